The summed E-state index contributed by atoms with van der Waals surface area (Å²) in [5.74, 6) is -0.491. The minimum absolute atomic E-state index is 0.122. The zero-order valence-electron chi connectivity index (χ0n) is 11.7. The van der Waals surface area contributed by atoms with Gasteiger partial charge in [0.25, 0.3) is 0 Å². The number of rotatable bonds is 8. The number of hydrogen-bond acceptors (Lipinski definition) is 2. The van der Waals surface area contributed by atoms with Crippen molar-refractivity contribution in [2.75, 3.05) is 0 Å². The summed E-state index contributed by atoms with van der Waals surface area (Å²) < 4.78 is 0. The zero-order chi connectivity index (χ0) is 13.5. The number of carbonyl (C=O) groups excluding carboxylic acids is 2. The molecule has 0 bridgehead atoms. The molecule has 3 nitrogen and oxygen atoms in total. The second-order valence-electron chi connectivity index (χ2n) is 5.83. The molecular weight excluding hydrogens is 214 g/mol. The van der Waals surface area contributed by atoms with Crippen LogP contribution in [-0.2, 0) is 9.59 Å². The molecule has 0 radical (unpaired) electrons. The summed E-state index contributed by atoms with van der Waals surface area (Å²) in [6, 6.07) is 0. The van der Waals surface area contributed by atoms with Gasteiger partial charge in [-0.3, -0.25) is 9.59 Å². The number of amides is 1. The third-order valence-corrected chi connectivity index (χ3v) is 3.08. The molecule has 17 heavy (non-hydrogen) atoms. The second-order valence-corrected chi connectivity index (χ2v) is 5.83. The Morgan fingerprint density at radius 3 is 2.12 bits per heavy atom. The lowest BCUT2D eigenvalue weighted by Gasteiger charge is -2.20. The van der Waals surface area contributed by atoms with Gasteiger partial charge in [-0.2, -0.15) is 0 Å². The van der Waals surface area contributed by atoms with Crippen LogP contribution in [0.2, 0.25) is 0 Å². The van der Waals surface area contributed by atoms with Crippen molar-refractivity contribution in [3.8, 4) is 0 Å². The quantitative estimate of drug-likeness (QED) is 0.664. The second kappa shape index (κ2) is 7.46. The fourth-order valence-corrected chi connectivity index (χ4v) is 1.69. The summed E-state index contributed by atoms with van der Waals surface area (Å²) in [6.45, 7) is 7.79. The van der Waals surface area contributed by atoms with Crippen LogP contribution in [0.25, 0.3) is 0 Å². The van der Waals surface area contributed by atoms with Gasteiger partial charge in [0.15, 0.2) is 0 Å². The van der Waals surface area contributed by atoms with Crippen LogP contribution < -0.4 is 5.73 Å². The Balaban J connectivity index is 4.17. The van der Waals surface area contributed by atoms with Crippen LogP contribution in [0.1, 0.15) is 66.2 Å². The number of carbonyl (C=O) groups is 2. The average molecular weight is 241 g/mol. The van der Waals surface area contributed by atoms with Crippen LogP contribution in [0.4, 0.5) is 0 Å². The third-order valence-electron chi connectivity index (χ3n) is 3.08. The van der Waals surface area contributed by atoms with E-state index in [1.54, 1.807) is 0 Å². The van der Waals surface area contributed by atoms with E-state index >= 15 is 0 Å². The van der Waals surface area contributed by atoms with E-state index in [2.05, 4.69) is 6.92 Å². The number of Topliss-reactive ketones (excluding diaryl/α,β-unsaturated/α-hetero) is 1. The highest BCUT2D eigenvalue weighted by molar-refractivity contribution is 5.88. The Hall–Kier alpha value is -0.860. The fraction of sp³-hybridized carbons (Fsp3) is 0.857. The largest absolute Gasteiger partial charge is 0.369 e. The molecule has 0 aromatic heterocycles. The van der Waals surface area contributed by atoms with Gasteiger partial charge in [0.05, 0.1) is 0 Å². The monoisotopic (exact) mass is 241 g/mol. The lowest BCUT2D eigenvalue weighted by Crippen LogP contribution is -2.30. The first kappa shape index (κ1) is 16.1. The Morgan fingerprint density at radius 1 is 1.12 bits per heavy atom. The molecule has 100 valence electrons. The first-order chi connectivity index (χ1) is 7.79. The molecule has 1 unspecified atom stereocenters. The van der Waals surface area contributed by atoms with Gasteiger partial charge in [0.1, 0.15) is 5.78 Å². The van der Waals surface area contributed by atoms with Gasteiger partial charge in [-0.05, 0) is 6.42 Å². The van der Waals surface area contributed by atoms with Crippen LogP contribution in [-0.4, -0.2) is 11.7 Å². The van der Waals surface area contributed by atoms with Crippen LogP contribution in [0.5, 0.6) is 0 Å². The SMILES string of the molecule is CCCCCCC(CC(=O)C(C)(C)C)C(N)=O. The standard InChI is InChI=1S/C14H27NO2/c1-5-6-7-8-9-11(13(15)17)10-12(16)14(2,3)4/h11H,5-10H2,1-4H3,(H2,15,17). The summed E-state index contributed by atoms with van der Waals surface area (Å²) in [6.07, 6.45) is 5.49. The Labute approximate surface area is 105 Å². The van der Waals surface area contributed by atoms with Crippen molar-refractivity contribution < 1.29 is 9.59 Å². The maximum Gasteiger partial charge on any atom is 0.220 e. The van der Waals surface area contributed by atoms with Crippen molar-refractivity contribution in [1.82, 2.24) is 0 Å². The van der Waals surface area contributed by atoms with Crippen LogP contribution in [0, 0.1) is 11.3 Å². The Bertz CT molecular complexity index is 253. The summed E-state index contributed by atoms with van der Waals surface area (Å²) >= 11 is 0. The molecule has 0 aliphatic heterocycles. The zero-order valence-corrected chi connectivity index (χ0v) is 11.7. The molecule has 3 heteroatoms. The van der Waals surface area contributed by atoms with Crippen molar-refractivity contribution in [3.63, 3.8) is 0 Å². The number of nitrogens with two attached hydrogens (primary N) is 1. The first-order valence-electron chi connectivity index (χ1n) is 6.61. The van der Waals surface area contributed by atoms with Gasteiger partial charge >= 0.3 is 0 Å². The first-order valence-corrected chi connectivity index (χ1v) is 6.61. The summed E-state index contributed by atoms with van der Waals surface area (Å²) in [7, 11) is 0. The number of unbranched alkanes of at least 4 members (excludes halogenated alkanes) is 3. The van der Waals surface area contributed by atoms with E-state index in [9.17, 15) is 9.59 Å². The molecular formula is C14H27NO2. The smallest absolute Gasteiger partial charge is 0.220 e. The third kappa shape index (κ3) is 7.14. The maximum absolute atomic E-state index is 11.9. The number of ketones is 1. The molecule has 0 aromatic carbocycles. The summed E-state index contributed by atoms with van der Waals surface area (Å²) in [5, 5.41) is 0. The van der Waals surface area contributed by atoms with Gasteiger partial charge in [-0.15, -0.1) is 0 Å². The molecule has 0 heterocycles. The molecule has 1 atom stereocenters. The normalized spacial score (nSPS) is 13.4. The topological polar surface area (TPSA) is 60.2 Å². The minimum Gasteiger partial charge on any atom is -0.369 e. The summed E-state index contributed by atoms with van der Waals surface area (Å²) in [4.78, 5) is 23.2. The highest BCUT2D eigenvalue weighted by Gasteiger charge is 2.26. The van der Waals surface area contributed by atoms with Gasteiger partial charge in [0, 0.05) is 17.8 Å². The molecule has 0 fully saturated rings. The van der Waals surface area contributed by atoms with E-state index in [0.717, 1.165) is 19.3 Å². The highest BCUT2D eigenvalue weighted by atomic mass is 16.1. The van der Waals surface area contributed by atoms with Crippen molar-refractivity contribution in [3.05, 3.63) is 0 Å². The van der Waals surface area contributed by atoms with Gasteiger partial charge < -0.3 is 5.73 Å². The van der Waals surface area contributed by atoms with Gasteiger partial charge in [-0.1, -0.05) is 53.4 Å². The Morgan fingerprint density at radius 2 is 1.71 bits per heavy atom. The minimum atomic E-state index is -0.378. The predicted octanol–water partition coefficient (Wildman–Crippen LogP) is 3.06. The number of primary amides is 1. The molecule has 1 amide bonds. The fourth-order valence-electron chi connectivity index (χ4n) is 1.69. The van der Waals surface area contributed by atoms with Gasteiger partial charge in [-0.25, -0.2) is 0 Å². The van der Waals surface area contributed by atoms with E-state index in [1.165, 1.54) is 12.8 Å². The summed E-state index contributed by atoms with van der Waals surface area (Å²) in [5.41, 5.74) is 4.97. The molecule has 0 aliphatic rings. The molecule has 0 saturated heterocycles. The van der Waals surface area contributed by atoms with Crippen LogP contribution in [0.15, 0.2) is 0 Å². The van der Waals surface area contributed by atoms with Crippen LogP contribution >= 0.6 is 0 Å². The average Bonchev–Trinajstić information content (AvgIpc) is 2.20. The van der Waals surface area contributed by atoms with E-state index in [4.69, 9.17) is 5.73 Å². The lowest BCUT2D eigenvalue weighted by atomic mass is 9.83. The highest BCUT2D eigenvalue weighted by Crippen LogP contribution is 2.22. The lowest BCUT2D eigenvalue weighted by molar-refractivity contribution is -0.131. The van der Waals surface area contributed by atoms with E-state index in [-0.39, 0.29) is 23.0 Å². The van der Waals surface area contributed by atoms with Gasteiger partial charge in [0.2, 0.25) is 5.91 Å². The molecule has 2 N–H and O–H groups in total. The van der Waals surface area contributed by atoms with E-state index in [1.807, 2.05) is 20.8 Å². The van der Waals surface area contributed by atoms with Crippen molar-refractivity contribution in [1.29, 1.82) is 0 Å². The molecule has 0 aromatic rings. The van der Waals surface area contributed by atoms with Crippen molar-refractivity contribution >= 4 is 11.7 Å². The van der Waals surface area contributed by atoms with Crippen LogP contribution in [0.3, 0.4) is 0 Å². The number of hydrogen-bond donors (Lipinski definition) is 1. The Kier molecular flexibility index (Phi) is 7.09. The van der Waals surface area contributed by atoms with Crippen molar-refractivity contribution in [2.24, 2.45) is 17.1 Å². The maximum atomic E-state index is 11.9. The van der Waals surface area contributed by atoms with E-state index in [0.29, 0.717) is 6.42 Å². The van der Waals surface area contributed by atoms with Crippen molar-refractivity contribution in [2.45, 2.75) is 66.2 Å². The molecule has 0 aliphatic carbocycles. The molecule has 0 spiro atoms. The molecule has 0 rings (SSSR count). The molecule has 0 saturated carbocycles. The predicted molar refractivity (Wildman–Crippen MR) is 70.5 cm³/mol. The van der Waals surface area contributed by atoms with E-state index < -0.39 is 0 Å².